The highest BCUT2D eigenvalue weighted by atomic mass is 79.9. The molecule has 1 aliphatic rings. The number of hydrogen-bond acceptors (Lipinski definition) is 2. The van der Waals surface area contributed by atoms with Crippen molar-refractivity contribution in [1.82, 2.24) is 10.2 Å². The van der Waals surface area contributed by atoms with Crippen LogP contribution >= 0.6 is 15.9 Å². The summed E-state index contributed by atoms with van der Waals surface area (Å²) in [5, 5.41) is 3.35. The van der Waals surface area contributed by atoms with Crippen molar-refractivity contribution in [3.05, 3.63) is 34.1 Å². The van der Waals surface area contributed by atoms with Crippen LogP contribution < -0.4 is 5.32 Å². The van der Waals surface area contributed by atoms with Gasteiger partial charge in [0.15, 0.2) is 0 Å². The minimum absolute atomic E-state index is 0.00102. The van der Waals surface area contributed by atoms with Gasteiger partial charge in [-0.2, -0.15) is 0 Å². The third kappa shape index (κ3) is 3.36. The minimum Gasteiger partial charge on any atom is -0.314 e. The molecular weight excluding hydrogens is 307 g/mol. The third-order valence-electron chi connectivity index (χ3n) is 3.61. The van der Waals surface area contributed by atoms with Crippen LogP contribution in [0.5, 0.6) is 0 Å². The lowest BCUT2D eigenvalue weighted by atomic mass is 9.80. The standard InChI is InChI=1S/C15H22BrFN2/c1-15(2,3)14(19-9-7-18-8-10-19)11-5-4-6-12(16)13(11)17/h4-6,14,18H,7-10H2,1-3H3/t14-/m0/s1. The number of nitrogens with zero attached hydrogens (tertiary/aromatic N) is 1. The van der Waals surface area contributed by atoms with Crippen molar-refractivity contribution in [2.24, 2.45) is 5.41 Å². The SMILES string of the molecule is CC(C)(C)[C@H](c1cccc(Br)c1F)N1CCNCC1. The van der Waals surface area contributed by atoms with Crippen LogP contribution in [0.2, 0.25) is 0 Å². The van der Waals surface area contributed by atoms with Crippen LogP contribution in [0, 0.1) is 11.2 Å². The van der Waals surface area contributed by atoms with Crippen molar-refractivity contribution in [3.8, 4) is 0 Å². The second-order valence-corrected chi connectivity index (χ2v) is 7.05. The molecule has 19 heavy (non-hydrogen) atoms. The first-order valence-electron chi connectivity index (χ1n) is 6.80. The molecule has 1 aromatic rings. The summed E-state index contributed by atoms with van der Waals surface area (Å²) in [4.78, 5) is 2.39. The van der Waals surface area contributed by atoms with E-state index < -0.39 is 0 Å². The Morgan fingerprint density at radius 3 is 2.47 bits per heavy atom. The van der Waals surface area contributed by atoms with Crippen molar-refractivity contribution in [1.29, 1.82) is 0 Å². The normalized spacial score (nSPS) is 19.4. The molecule has 106 valence electrons. The average molecular weight is 329 g/mol. The van der Waals surface area contributed by atoms with E-state index >= 15 is 0 Å². The molecule has 2 rings (SSSR count). The first-order chi connectivity index (χ1) is 8.91. The van der Waals surface area contributed by atoms with E-state index in [0.29, 0.717) is 4.47 Å². The van der Waals surface area contributed by atoms with E-state index in [4.69, 9.17) is 0 Å². The Morgan fingerprint density at radius 1 is 1.26 bits per heavy atom. The zero-order valence-corrected chi connectivity index (χ0v) is 13.4. The molecule has 0 radical (unpaired) electrons. The molecule has 0 amide bonds. The largest absolute Gasteiger partial charge is 0.314 e. The highest BCUT2D eigenvalue weighted by Crippen LogP contribution is 2.40. The molecule has 0 unspecified atom stereocenters. The van der Waals surface area contributed by atoms with Crippen LogP contribution in [0.15, 0.2) is 22.7 Å². The minimum atomic E-state index is -0.124. The Bertz CT molecular complexity index is 436. The Kier molecular flexibility index (Phi) is 4.64. The fourth-order valence-corrected chi connectivity index (χ4v) is 3.26. The zero-order chi connectivity index (χ0) is 14.0. The molecule has 2 nitrogen and oxygen atoms in total. The molecule has 1 aliphatic heterocycles. The molecule has 0 saturated carbocycles. The van der Waals surface area contributed by atoms with E-state index in [0.717, 1.165) is 31.7 Å². The molecule has 1 saturated heterocycles. The molecule has 0 aromatic heterocycles. The van der Waals surface area contributed by atoms with Crippen molar-refractivity contribution >= 4 is 15.9 Å². The lowest BCUT2D eigenvalue weighted by Crippen LogP contribution is -2.48. The molecular formula is C15H22BrFN2. The van der Waals surface area contributed by atoms with Gasteiger partial charge in [-0.05, 0) is 27.4 Å². The van der Waals surface area contributed by atoms with Gasteiger partial charge in [0, 0.05) is 37.8 Å². The van der Waals surface area contributed by atoms with Crippen LogP contribution in [0.25, 0.3) is 0 Å². The first kappa shape index (κ1) is 14.9. The Labute approximate surface area is 123 Å². The van der Waals surface area contributed by atoms with Gasteiger partial charge in [0.2, 0.25) is 0 Å². The summed E-state index contributed by atoms with van der Waals surface area (Å²) >= 11 is 3.30. The summed E-state index contributed by atoms with van der Waals surface area (Å²) in [5.41, 5.74) is 0.794. The Balaban J connectivity index is 2.40. The van der Waals surface area contributed by atoms with E-state index in [-0.39, 0.29) is 17.3 Å². The van der Waals surface area contributed by atoms with Gasteiger partial charge < -0.3 is 5.32 Å². The third-order valence-corrected chi connectivity index (χ3v) is 4.23. The zero-order valence-electron chi connectivity index (χ0n) is 11.8. The Morgan fingerprint density at radius 2 is 1.89 bits per heavy atom. The van der Waals surface area contributed by atoms with Gasteiger partial charge in [0.05, 0.1) is 4.47 Å². The maximum Gasteiger partial charge on any atom is 0.142 e. The molecule has 4 heteroatoms. The van der Waals surface area contributed by atoms with Crippen LogP contribution in [0.4, 0.5) is 4.39 Å². The second kappa shape index (κ2) is 5.90. The van der Waals surface area contributed by atoms with Gasteiger partial charge in [-0.25, -0.2) is 4.39 Å². The van der Waals surface area contributed by atoms with E-state index in [1.54, 1.807) is 6.07 Å². The van der Waals surface area contributed by atoms with Crippen LogP contribution in [-0.2, 0) is 0 Å². The quantitative estimate of drug-likeness (QED) is 0.892. The van der Waals surface area contributed by atoms with Crippen LogP contribution in [-0.4, -0.2) is 31.1 Å². The van der Waals surface area contributed by atoms with Gasteiger partial charge >= 0.3 is 0 Å². The molecule has 0 bridgehead atoms. The summed E-state index contributed by atoms with van der Waals surface area (Å²) in [5.74, 6) is -0.124. The van der Waals surface area contributed by atoms with Crippen molar-refractivity contribution in [3.63, 3.8) is 0 Å². The maximum absolute atomic E-state index is 14.4. The second-order valence-electron chi connectivity index (χ2n) is 6.20. The van der Waals surface area contributed by atoms with Gasteiger partial charge in [-0.15, -0.1) is 0 Å². The van der Waals surface area contributed by atoms with E-state index in [9.17, 15) is 4.39 Å². The van der Waals surface area contributed by atoms with Gasteiger partial charge in [0.1, 0.15) is 5.82 Å². The fourth-order valence-electron chi connectivity index (χ4n) is 2.88. The molecule has 1 atom stereocenters. The topological polar surface area (TPSA) is 15.3 Å². The predicted molar refractivity (Wildman–Crippen MR) is 80.7 cm³/mol. The number of piperazine rings is 1. The summed E-state index contributed by atoms with van der Waals surface area (Å²) < 4.78 is 15.0. The average Bonchev–Trinajstić information content (AvgIpc) is 2.35. The summed E-state index contributed by atoms with van der Waals surface area (Å²) in [7, 11) is 0. The number of halogens is 2. The first-order valence-corrected chi connectivity index (χ1v) is 7.59. The lowest BCUT2D eigenvalue weighted by molar-refractivity contribution is 0.0833. The predicted octanol–water partition coefficient (Wildman–Crippen LogP) is 3.58. The van der Waals surface area contributed by atoms with Crippen molar-refractivity contribution < 1.29 is 4.39 Å². The van der Waals surface area contributed by atoms with Gasteiger partial charge in [-0.3, -0.25) is 4.90 Å². The lowest BCUT2D eigenvalue weighted by Gasteiger charge is -2.42. The molecule has 1 aromatic carbocycles. The highest BCUT2D eigenvalue weighted by Gasteiger charge is 2.34. The summed E-state index contributed by atoms with van der Waals surface area (Å²) in [6.07, 6.45) is 0. The summed E-state index contributed by atoms with van der Waals surface area (Å²) in [6.45, 7) is 10.4. The molecule has 1 fully saturated rings. The molecule has 0 spiro atoms. The van der Waals surface area contributed by atoms with Crippen LogP contribution in [0.1, 0.15) is 32.4 Å². The molecule has 1 heterocycles. The smallest absolute Gasteiger partial charge is 0.142 e. The van der Waals surface area contributed by atoms with Gasteiger partial charge in [-0.1, -0.05) is 32.9 Å². The Hall–Kier alpha value is -0.450. The number of hydrogen-bond donors (Lipinski definition) is 1. The van der Waals surface area contributed by atoms with Gasteiger partial charge in [0.25, 0.3) is 0 Å². The van der Waals surface area contributed by atoms with E-state index in [1.807, 2.05) is 12.1 Å². The van der Waals surface area contributed by atoms with E-state index in [1.165, 1.54) is 0 Å². The summed E-state index contributed by atoms with van der Waals surface area (Å²) in [6, 6.07) is 5.70. The van der Waals surface area contributed by atoms with E-state index in [2.05, 4.69) is 46.9 Å². The fraction of sp³-hybridized carbons (Fsp3) is 0.600. The van der Waals surface area contributed by atoms with Crippen LogP contribution in [0.3, 0.4) is 0 Å². The number of nitrogens with one attached hydrogen (secondary N) is 1. The van der Waals surface area contributed by atoms with Crippen molar-refractivity contribution in [2.75, 3.05) is 26.2 Å². The number of benzene rings is 1. The molecule has 0 aliphatic carbocycles. The van der Waals surface area contributed by atoms with Crippen molar-refractivity contribution in [2.45, 2.75) is 26.8 Å². The maximum atomic E-state index is 14.4. The highest BCUT2D eigenvalue weighted by molar-refractivity contribution is 9.10. The monoisotopic (exact) mass is 328 g/mol. The molecule has 1 N–H and O–H groups in total. The number of rotatable bonds is 2.